The summed E-state index contributed by atoms with van der Waals surface area (Å²) in [6.45, 7) is 0.153. The van der Waals surface area contributed by atoms with E-state index in [0.29, 0.717) is 36.9 Å². The Morgan fingerprint density at radius 2 is 1.92 bits per heavy atom. The number of fused-ring (bicyclic) bond motifs is 1. The number of benzene rings is 2. The Labute approximate surface area is 242 Å². The van der Waals surface area contributed by atoms with E-state index in [9.17, 15) is 14.4 Å². The zero-order valence-corrected chi connectivity index (χ0v) is 23.9. The molecule has 1 fully saturated rings. The Hall–Kier alpha value is -3.45. The second-order valence-electron chi connectivity index (χ2n) is 8.28. The molecule has 3 heterocycles. The van der Waals surface area contributed by atoms with Crippen molar-refractivity contribution in [3.8, 4) is 5.75 Å². The minimum atomic E-state index is -0.238. The Balaban J connectivity index is 1.27. The predicted octanol–water partition coefficient (Wildman–Crippen LogP) is 5.77. The summed E-state index contributed by atoms with van der Waals surface area (Å²) in [6.07, 6.45) is 1.87. The van der Waals surface area contributed by atoms with E-state index in [2.05, 4.69) is 10.3 Å². The molecule has 2 amide bonds. The Morgan fingerprint density at radius 3 is 2.67 bits per heavy atom. The van der Waals surface area contributed by atoms with E-state index in [1.165, 1.54) is 44.3 Å². The average molecular weight is 595 g/mol. The highest BCUT2D eigenvalue weighted by molar-refractivity contribution is 8.26. The Morgan fingerprint density at radius 1 is 1.13 bits per heavy atom. The summed E-state index contributed by atoms with van der Waals surface area (Å²) in [5.74, 6) is 0.0837. The van der Waals surface area contributed by atoms with Crippen LogP contribution in [0.1, 0.15) is 16.1 Å². The molecule has 39 heavy (non-hydrogen) atoms. The van der Waals surface area contributed by atoms with Crippen LogP contribution in [0.15, 0.2) is 76.1 Å². The maximum atomic E-state index is 13.4. The van der Waals surface area contributed by atoms with Crippen LogP contribution in [0.25, 0.3) is 17.1 Å². The number of amides is 2. The van der Waals surface area contributed by atoms with Gasteiger partial charge in [-0.2, -0.15) is 0 Å². The van der Waals surface area contributed by atoms with Crippen LogP contribution in [0.2, 0.25) is 0 Å². The van der Waals surface area contributed by atoms with E-state index in [4.69, 9.17) is 17.0 Å². The first-order valence-corrected chi connectivity index (χ1v) is 14.9. The SMILES string of the molecule is COc1ccc(NC(=O)CSc2nc3ccccc3n2C(=O)CCN2C(=O)C(=Cc3cccs3)SC2=S)cc1. The van der Waals surface area contributed by atoms with Crippen molar-refractivity contribution in [3.05, 3.63) is 75.8 Å². The lowest BCUT2D eigenvalue weighted by Crippen LogP contribution is -2.31. The summed E-state index contributed by atoms with van der Waals surface area (Å²) in [7, 11) is 1.58. The number of thioether (sulfide) groups is 2. The summed E-state index contributed by atoms with van der Waals surface area (Å²) < 4.78 is 7.08. The van der Waals surface area contributed by atoms with E-state index in [1.54, 1.807) is 31.4 Å². The van der Waals surface area contributed by atoms with Gasteiger partial charge in [-0.1, -0.05) is 53.9 Å². The van der Waals surface area contributed by atoms with Crippen LogP contribution in [0.5, 0.6) is 5.75 Å². The minimum absolute atomic E-state index is 0.0463. The number of rotatable bonds is 9. The highest BCUT2D eigenvalue weighted by Crippen LogP contribution is 2.33. The van der Waals surface area contributed by atoms with Crippen molar-refractivity contribution in [3.63, 3.8) is 0 Å². The van der Waals surface area contributed by atoms with Gasteiger partial charge in [0.1, 0.15) is 10.1 Å². The standard InChI is InChI=1S/C27H22N4O4S4/c1-35-18-10-8-17(9-11-18)28-23(32)16-38-26-29-20-6-2-3-7-21(20)31(26)24(33)12-13-30-25(34)22(39-27(30)36)15-19-5-4-14-37-19/h2-11,14-15H,12-13,16H2,1H3,(H,28,32). The molecule has 0 saturated carbocycles. The molecule has 1 aliphatic heterocycles. The molecule has 2 aromatic heterocycles. The minimum Gasteiger partial charge on any atom is -0.497 e. The molecule has 5 rings (SSSR count). The first kappa shape index (κ1) is 27.1. The number of aromatic nitrogens is 2. The fraction of sp³-hybridized carbons (Fsp3) is 0.148. The molecule has 1 aliphatic rings. The molecular weight excluding hydrogens is 573 g/mol. The van der Waals surface area contributed by atoms with Gasteiger partial charge in [-0.15, -0.1) is 11.3 Å². The van der Waals surface area contributed by atoms with Crippen LogP contribution >= 0.6 is 47.1 Å². The molecule has 0 spiro atoms. The topological polar surface area (TPSA) is 93.5 Å². The zero-order valence-electron chi connectivity index (χ0n) is 20.7. The Bertz CT molecular complexity index is 1580. The molecule has 0 radical (unpaired) electrons. The quantitative estimate of drug-likeness (QED) is 0.148. The number of hydrogen-bond donors (Lipinski definition) is 1. The predicted molar refractivity (Wildman–Crippen MR) is 162 cm³/mol. The van der Waals surface area contributed by atoms with E-state index < -0.39 is 0 Å². The third-order valence-electron chi connectivity index (χ3n) is 5.72. The van der Waals surface area contributed by atoms with Gasteiger partial charge in [0, 0.05) is 23.5 Å². The van der Waals surface area contributed by atoms with Gasteiger partial charge in [0.2, 0.25) is 11.8 Å². The van der Waals surface area contributed by atoms with E-state index >= 15 is 0 Å². The highest BCUT2D eigenvalue weighted by atomic mass is 32.2. The van der Waals surface area contributed by atoms with Gasteiger partial charge in [0.25, 0.3) is 5.91 Å². The van der Waals surface area contributed by atoms with Gasteiger partial charge in [-0.05, 0) is 53.9 Å². The highest BCUT2D eigenvalue weighted by Gasteiger charge is 2.32. The molecule has 4 aromatic rings. The Kier molecular flexibility index (Phi) is 8.46. The van der Waals surface area contributed by atoms with Crippen molar-refractivity contribution in [2.24, 2.45) is 0 Å². The van der Waals surface area contributed by atoms with Gasteiger partial charge in [0.15, 0.2) is 5.16 Å². The number of para-hydroxylation sites is 2. The molecule has 1 saturated heterocycles. The number of nitrogens with zero attached hydrogens (tertiary/aromatic N) is 3. The third kappa shape index (κ3) is 6.25. The number of methoxy groups -OCH3 is 1. The summed E-state index contributed by atoms with van der Waals surface area (Å²) >= 11 is 9.38. The van der Waals surface area contributed by atoms with E-state index in [1.807, 2.05) is 47.9 Å². The van der Waals surface area contributed by atoms with Crippen molar-refractivity contribution >= 4 is 91.9 Å². The van der Waals surface area contributed by atoms with Crippen LogP contribution < -0.4 is 10.1 Å². The average Bonchev–Trinajstić information content (AvgIpc) is 3.65. The van der Waals surface area contributed by atoms with Gasteiger partial charge in [0.05, 0.1) is 28.8 Å². The monoisotopic (exact) mass is 594 g/mol. The molecule has 1 N–H and O–H groups in total. The van der Waals surface area contributed by atoms with Crippen LogP contribution in [0.4, 0.5) is 5.69 Å². The van der Waals surface area contributed by atoms with Gasteiger partial charge in [-0.25, -0.2) is 4.98 Å². The van der Waals surface area contributed by atoms with Crippen LogP contribution in [0, 0.1) is 0 Å². The molecule has 0 unspecified atom stereocenters. The fourth-order valence-electron chi connectivity index (χ4n) is 3.86. The van der Waals surface area contributed by atoms with E-state index in [-0.39, 0.29) is 36.4 Å². The number of hydrogen-bond acceptors (Lipinski definition) is 9. The van der Waals surface area contributed by atoms with Crippen LogP contribution in [0.3, 0.4) is 0 Å². The van der Waals surface area contributed by atoms with Crippen molar-refractivity contribution in [2.75, 3.05) is 24.7 Å². The molecule has 198 valence electrons. The third-order valence-corrected chi connectivity index (χ3v) is 8.86. The number of carbonyl (C=O) groups excluding carboxylic acids is 3. The molecular formula is C27H22N4O4S4. The summed E-state index contributed by atoms with van der Waals surface area (Å²) in [5.41, 5.74) is 1.93. The van der Waals surface area contributed by atoms with Gasteiger partial charge in [-0.3, -0.25) is 23.9 Å². The molecule has 2 aromatic carbocycles. The number of ether oxygens (including phenoxy) is 1. The second-order valence-corrected chi connectivity index (χ2v) is 11.9. The lowest BCUT2D eigenvalue weighted by atomic mass is 10.3. The van der Waals surface area contributed by atoms with E-state index in [0.717, 1.165) is 4.88 Å². The molecule has 8 nitrogen and oxygen atoms in total. The number of anilines is 1. The molecule has 0 bridgehead atoms. The zero-order chi connectivity index (χ0) is 27.4. The smallest absolute Gasteiger partial charge is 0.266 e. The number of thiocarbonyl (C=S) groups is 1. The van der Waals surface area contributed by atoms with Crippen LogP contribution in [-0.4, -0.2) is 55.9 Å². The van der Waals surface area contributed by atoms with Gasteiger partial charge < -0.3 is 10.1 Å². The molecule has 0 atom stereocenters. The number of carbonyl (C=O) groups is 3. The lowest BCUT2D eigenvalue weighted by molar-refractivity contribution is -0.122. The maximum absolute atomic E-state index is 13.4. The van der Waals surface area contributed by atoms with Crippen molar-refractivity contribution in [2.45, 2.75) is 11.6 Å². The fourth-order valence-corrected chi connectivity index (χ4v) is 6.71. The number of thiophene rings is 1. The summed E-state index contributed by atoms with van der Waals surface area (Å²) in [5, 5.41) is 5.19. The molecule has 12 heteroatoms. The normalized spacial score (nSPS) is 14.4. The first-order valence-electron chi connectivity index (χ1n) is 11.8. The summed E-state index contributed by atoms with van der Waals surface area (Å²) in [4.78, 5) is 46.6. The van der Waals surface area contributed by atoms with Crippen molar-refractivity contribution in [1.82, 2.24) is 14.5 Å². The van der Waals surface area contributed by atoms with Crippen LogP contribution in [-0.2, 0) is 9.59 Å². The largest absolute Gasteiger partial charge is 0.497 e. The number of imidazole rings is 1. The maximum Gasteiger partial charge on any atom is 0.266 e. The van der Waals surface area contributed by atoms with Crippen molar-refractivity contribution < 1.29 is 19.1 Å². The molecule has 0 aliphatic carbocycles. The van der Waals surface area contributed by atoms with Crippen molar-refractivity contribution in [1.29, 1.82) is 0 Å². The second kappa shape index (κ2) is 12.2. The summed E-state index contributed by atoms with van der Waals surface area (Å²) in [6, 6.07) is 18.2. The first-order chi connectivity index (χ1) is 18.9. The lowest BCUT2D eigenvalue weighted by Gasteiger charge is -2.14. The van der Waals surface area contributed by atoms with Gasteiger partial charge >= 0.3 is 0 Å². The number of nitrogens with one attached hydrogen (secondary N) is 1.